The Morgan fingerprint density at radius 2 is 1.70 bits per heavy atom. The third-order valence-electron chi connectivity index (χ3n) is 4.22. The molecule has 0 saturated heterocycles. The van der Waals surface area contributed by atoms with Crippen LogP contribution in [-0.4, -0.2) is 48.3 Å². The van der Waals surface area contributed by atoms with E-state index in [1.54, 1.807) is 29.2 Å². The SMILES string of the molecule is CCN(CC)C(=O)c1ccc(NC(=O)CN(C)Cc2cccc(Cl)c2)cc1. The highest BCUT2D eigenvalue weighted by molar-refractivity contribution is 6.30. The molecule has 2 aromatic rings. The van der Waals surface area contributed by atoms with Crippen LogP contribution in [0.25, 0.3) is 0 Å². The summed E-state index contributed by atoms with van der Waals surface area (Å²) in [6.07, 6.45) is 0. The number of benzene rings is 2. The van der Waals surface area contributed by atoms with Crippen molar-refractivity contribution < 1.29 is 9.59 Å². The van der Waals surface area contributed by atoms with E-state index in [4.69, 9.17) is 11.6 Å². The lowest BCUT2D eigenvalue weighted by Crippen LogP contribution is -2.30. The molecule has 0 unspecified atom stereocenters. The molecule has 144 valence electrons. The smallest absolute Gasteiger partial charge is 0.253 e. The monoisotopic (exact) mass is 387 g/mol. The second-order valence-corrected chi connectivity index (χ2v) is 6.84. The molecule has 0 bridgehead atoms. The van der Waals surface area contributed by atoms with Gasteiger partial charge in [-0.25, -0.2) is 0 Å². The van der Waals surface area contributed by atoms with Crippen molar-refractivity contribution in [2.75, 3.05) is 32.0 Å². The maximum absolute atomic E-state index is 12.3. The van der Waals surface area contributed by atoms with Gasteiger partial charge in [-0.15, -0.1) is 0 Å². The maximum atomic E-state index is 12.3. The molecule has 0 spiro atoms. The molecule has 0 saturated carbocycles. The Hall–Kier alpha value is -2.37. The number of anilines is 1. The summed E-state index contributed by atoms with van der Waals surface area (Å²) in [4.78, 5) is 28.2. The van der Waals surface area contributed by atoms with Gasteiger partial charge in [-0.1, -0.05) is 23.7 Å². The lowest BCUT2D eigenvalue weighted by molar-refractivity contribution is -0.117. The molecule has 0 atom stereocenters. The van der Waals surface area contributed by atoms with Gasteiger partial charge < -0.3 is 10.2 Å². The molecule has 0 heterocycles. The van der Waals surface area contributed by atoms with Crippen molar-refractivity contribution in [3.05, 3.63) is 64.7 Å². The van der Waals surface area contributed by atoms with Gasteiger partial charge in [0, 0.05) is 35.9 Å². The summed E-state index contributed by atoms with van der Waals surface area (Å²) in [5.74, 6) is -0.110. The fourth-order valence-electron chi connectivity index (χ4n) is 2.84. The first-order chi connectivity index (χ1) is 12.9. The zero-order chi connectivity index (χ0) is 19.8. The Morgan fingerprint density at radius 3 is 2.30 bits per heavy atom. The number of carbonyl (C=O) groups is 2. The zero-order valence-corrected chi connectivity index (χ0v) is 16.8. The third kappa shape index (κ3) is 6.38. The zero-order valence-electron chi connectivity index (χ0n) is 16.0. The third-order valence-corrected chi connectivity index (χ3v) is 4.46. The largest absolute Gasteiger partial charge is 0.339 e. The Balaban J connectivity index is 1.89. The number of halogens is 1. The Labute approximate surface area is 165 Å². The molecule has 0 aliphatic heterocycles. The molecule has 0 aliphatic carbocycles. The van der Waals surface area contributed by atoms with Gasteiger partial charge in [0.05, 0.1) is 6.54 Å². The number of hydrogen-bond acceptors (Lipinski definition) is 3. The van der Waals surface area contributed by atoms with Gasteiger partial charge in [-0.05, 0) is 62.9 Å². The van der Waals surface area contributed by atoms with Crippen molar-refractivity contribution in [3.8, 4) is 0 Å². The van der Waals surface area contributed by atoms with Gasteiger partial charge in [0.1, 0.15) is 0 Å². The summed E-state index contributed by atoms with van der Waals surface area (Å²) in [5.41, 5.74) is 2.35. The normalized spacial score (nSPS) is 10.7. The van der Waals surface area contributed by atoms with Crippen LogP contribution in [0.5, 0.6) is 0 Å². The highest BCUT2D eigenvalue weighted by Gasteiger charge is 2.13. The van der Waals surface area contributed by atoms with Crippen molar-refractivity contribution in [2.45, 2.75) is 20.4 Å². The predicted molar refractivity (Wildman–Crippen MR) is 110 cm³/mol. The number of hydrogen-bond donors (Lipinski definition) is 1. The van der Waals surface area contributed by atoms with Crippen LogP contribution < -0.4 is 5.32 Å². The molecule has 5 nitrogen and oxygen atoms in total. The first kappa shape index (κ1) is 20.9. The highest BCUT2D eigenvalue weighted by atomic mass is 35.5. The van der Waals surface area contributed by atoms with E-state index in [0.717, 1.165) is 5.56 Å². The minimum atomic E-state index is -0.109. The lowest BCUT2D eigenvalue weighted by Gasteiger charge is -2.19. The molecule has 1 N–H and O–H groups in total. The number of nitrogens with zero attached hydrogens (tertiary/aromatic N) is 2. The maximum Gasteiger partial charge on any atom is 0.253 e. The Kier molecular flexibility index (Phi) is 7.82. The van der Waals surface area contributed by atoms with E-state index in [1.165, 1.54) is 0 Å². The van der Waals surface area contributed by atoms with E-state index < -0.39 is 0 Å². The fourth-order valence-corrected chi connectivity index (χ4v) is 3.05. The number of nitrogens with one attached hydrogen (secondary N) is 1. The summed E-state index contributed by atoms with van der Waals surface area (Å²) < 4.78 is 0. The minimum absolute atomic E-state index is 0.000804. The van der Waals surface area contributed by atoms with E-state index >= 15 is 0 Å². The van der Waals surface area contributed by atoms with E-state index in [2.05, 4.69) is 5.32 Å². The standard InChI is InChI=1S/C21H26ClN3O2/c1-4-25(5-2)21(27)17-9-11-19(12-10-17)23-20(26)15-24(3)14-16-7-6-8-18(22)13-16/h6-13H,4-5,14-15H2,1-3H3,(H,23,26). The molecule has 0 aliphatic rings. The van der Waals surface area contributed by atoms with Crippen molar-refractivity contribution in [1.82, 2.24) is 9.80 Å². The quantitative estimate of drug-likeness (QED) is 0.747. The summed E-state index contributed by atoms with van der Waals surface area (Å²) in [7, 11) is 1.88. The van der Waals surface area contributed by atoms with E-state index in [0.29, 0.717) is 35.9 Å². The van der Waals surface area contributed by atoms with Crippen molar-refractivity contribution in [2.24, 2.45) is 0 Å². The first-order valence-corrected chi connectivity index (χ1v) is 9.42. The van der Waals surface area contributed by atoms with Crippen LogP contribution in [0.1, 0.15) is 29.8 Å². The number of amides is 2. The molecular formula is C21H26ClN3O2. The Bertz CT molecular complexity index is 773. The second-order valence-electron chi connectivity index (χ2n) is 6.41. The van der Waals surface area contributed by atoms with Gasteiger partial charge in [-0.2, -0.15) is 0 Å². The highest BCUT2D eigenvalue weighted by Crippen LogP contribution is 2.13. The number of carbonyl (C=O) groups excluding carboxylic acids is 2. The predicted octanol–water partition coefficient (Wildman–Crippen LogP) is 3.89. The fraction of sp³-hybridized carbons (Fsp3) is 0.333. The van der Waals surface area contributed by atoms with Crippen molar-refractivity contribution in [3.63, 3.8) is 0 Å². The van der Waals surface area contributed by atoms with Crippen LogP contribution >= 0.6 is 11.6 Å². The summed E-state index contributed by atoms with van der Waals surface area (Å²) in [6, 6.07) is 14.6. The summed E-state index contributed by atoms with van der Waals surface area (Å²) >= 11 is 5.99. The average Bonchev–Trinajstić information content (AvgIpc) is 2.63. The Morgan fingerprint density at radius 1 is 1.04 bits per heavy atom. The van der Waals surface area contributed by atoms with E-state index in [9.17, 15) is 9.59 Å². The van der Waals surface area contributed by atoms with Crippen LogP contribution in [0.3, 0.4) is 0 Å². The van der Waals surface area contributed by atoms with Gasteiger partial charge >= 0.3 is 0 Å². The number of rotatable bonds is 8. The molecule has 27 heavy (non-hydrogen) atoms. The van der Waals surface area contributed by atoms with Crippen LogP contribution in [0.15, 0.2) is 48.5 Å². The van der Waals surface area contributed by atoms with Crippen LogP contribution in [0.2, 0.25) is 5.02 Å². The molecule has 0 radical (unpaired) electrons. The van der Waals surface area contributed by atoms with Gasteiger partial charge in [0.15, 0.2) is 0 Å². The molecule has 0 aromatic heterocycles. The first-order valence-electron chi connectivity index (χ1n) is 9.05. The van der Waals surface area contributed by atoms with Crippen molar-refractivity contribution >= 4 is 29.1 Å². The lowest BCUT2D eigenvalue weighted by atomic mass is 10.1. The minimum Gasteiger partial charge on any atom is -0.339 e. The molecular weight excluding hydrogens is 362 g/mol. The molecule has 6 heteroatoms. The molecule has 0 fully saturated rings. The van der Waals surface area contributed by atoms with Gasteiger partial charge in [0.2, 0.25) is 5.91 Å². The summed E-state index contributed by atoms with van der Waals surface area (Å²) in [6.45, 7) is 6.14. The molecule has 2 aromatic carbocycles. The van der Waals surface area contributed by atoms with Crippen molar-refractivity contribution in [1.29, 1.82) is 0 Å². The summed E-state index contributed by atoms with van der Waals surface area (Å²) in [5, 5.41) is 3.55. The van der Waals surface area contributed by atoms with Gasteiger partial charge in [-0.3, -0.25) is 14.5 Å². The number of likely N-dealkylation sites (N-methyl/N-ethyl adjacent to an activating group) is 1. The average molecular weight is 388 g/mol. The molecule has 2 rings (SSSR count). The topological polar surface area (TPSA) is 52.7 Å². The molecule has 2 amide bonds. The van der Waals surface area contributed by atoms with E-state index in [-0.39, 0.29) is 18.4 Å². The van der Waals surface area contributed by atoms with Crippen LogP contribution in [0.4, 0.5) is 5.69 Å². The van der Waals surface area contributed by atoms with Gasteiger partial charge in [0.25, 0.3) is 5.91 Å². The van der Waals surface area contributed by atoms with E-state index in [1.807, 2.05) is 50.1 Å². The second kappa shape index (κ2) is 10.1. The van der Waals surface area contributed by atoms with Crippen LogP contribution in [-0.2, 0) is 11.3 Å². The van der Waals surface area contributed by atoms with Crippen LogP contribution in [0, 0.1) is 0 Å².